The lowest BCUT2D eigenvalue weighted by molar-refractivity contribution is -0.120. The number of hydrogen-bond donors (Lipinski definition) is 1. The van der Waals surface area contributed by atoms with E-state index in [1.165, 1.54) is 0 Å². The fraction of sp³-hybridized carbons (Fsp3) is 0.400. The number of amides is 1. The van der Waals surface area contributed by atoms with Crippen LogP contribution in [0.2, 0.25) is 0 Å². The smallest absolute Gasteiger partial charge is 0.225 e. The summed E-state index contributed by atoms with van der Waals surface area (Å²) in [5, 5.41) is 7.40. The molecule has 1 amide bonds. The quantitative estimate of drug-likeness (QED) is 0.860. The molecule has 0 aliphatic heterocycles. The molecule has 0 aliphatic carbocycles. The Kier molecular flexibility index (Phi) is 6.20. The van der Waals surface area contributed by atoms with Crippen molar-refractivity contribution in [2.45, 2.75) is 40.7 Å². The van der Waals surface area contributed by atoms with Crippen LogP contribution in [0.4, 0.5) is 0 Å². The fourth-order valence-corrected chi connectivity index (χ4v) is 2.55. The molecule has 0 atom stereocenters. The Bertz CT molecular complexity index is 748. The van der Waals surface area contributed by atoms with Crippen LogP contribution in [-0.4, -0.2) is 22.2 Å². The van der Waals surface area contributed by atoms with Crippen molar-refractivity contribution in [3.8, 4) is 11.8 Å². The van der Waals surface area contributed by atoms with Crippen molar-refractivity contribution in [2.24, 2.45) is 5.92 Å². The number of aromatic nitrogens is 2. The van der Waals surface area contributed by atoms with E-state index < -0.39 is 0 Å². The fourth-order valence-electron chi connectivity index (χ4n) is 2.55. The van der Waals surface area contributed by atoms with Crippen molar-refractivity contribution in [1.29, 1.82) is 0 Å². The standard InChI is InChI=1S/C20H25N3O/c1-15(2)14-23-17(4)19(16(3)22-23)13-20(24)21-12-8-11-18-9-6-5-7-10-18/h5-7,9-10,15H,12-14H2,1-4H3,(H,21,24). The van der Waals surface area contributed by atoms with E-state index in [-0.39, 0.29) is 5.91 Å². The van der Waals surface area contributed by atoms with Gasteiger partial charge in [-0.05, 0) is 31.9 Å². The van der Waals surface area contributed by atoms with E-state index in [1.54, 1.807) is 0 Å². The van der Waals surface area contributed by atoms with E-state index in [1.807, 2.05) is 48.9 Å². The average Bonchev–Trinajstić information content (AvgIpc) is 2.79. The molecular formula is C20H25N3O. The highest BCUT2D eigenvalue weighted by Gasteiger charge is 2.15. The average molecular weight is 323 g/mol. The third kappa shape index (κ3) is 4.99. The molecule has 4 heteroatoms. The minimum absolute atomic E-state index is 0.0207. The van der Waals surface area contributed by atoms with Gasteiger partial charge in [0.05, 0.1) is 18.7 Å². The predicted octanol–water partition coefficient (Wildman–Crippen LogP) is 2.87. The number of benzene rings is 1. The summed E-state index contributed by atoms with van der Waals surface area (Å²) in [6.45, 7) is 9.53. The third-order valence-electron chi connectivity index (χ3n) is 3.79. The van der Waals surface area contributed by atoms with Gasteiger partial charge in [0.15, 0.2) is 0 Å². The summed E-state index contributed by atoms with van der Waals surface area (Å²) < 4.78 is 2.00. The number of nitrogens with one attached hydrogen (secondary N) is 1. The lowest BCUT2D eigenvalue weighted by atomic mass is 10.1. The van der Waals surface area contributed by atoms with E-state index in [0.29, 0.717) is 18.9 Å². The maximum Gasteiger partial charge on any atom is 0.225 e. The highest BCUT2D eigenvalue weighted by molar-refractivity contribution is 5.79. The summed E-state index contributed by atoms with van der Waals surface area (Å²) >= 11 is 0. The van der Waals surface area contributed by atoms with Crippen molar-refractivity contribution < 1.29 is 4.79 Å². The van der Waals surface area contributed by atoms with Crippen LogP contribution in [-0.2, 0) is 17.8 Å². The molecule has 0 saturated carbocycles. The Morgan fingerprint density at radius 1 is 1.25 bits per heavy atom. The second-order valence-electron chi connectivity index (χ2n) is 6.35. The first-order valence-electron chi connectivity index (χ1n) is 8.31. The Morgan fingerprint density at radius 3 is 2.62 bits per heavy atom. The van der Waals surface area contributed by atoms with Crippen LogP contribution in [0.25, 0.3) is 0 Å². The van der Waals surface area contributed by atoms with Crippen LogP contribution < -0.4 is 5.32 Å². The zero-order chi connectivity index (χ0) is 17.5. The highest BCUT2D eigenvalue weighted by atomic mass is 16.1. The molecule has 4 nitrogen and oxygen atoms in total. The topological polar surface area (TPSA) is 46.9 Å². The van der Waals surface area contributed by atoms with Crippen molar-refractivity contribution in [3.63, 3.8) is 0 Å². The van der Waals surface area contributed by atoms with Crippen molar-refractivity contribution in [2.75, 3.05) is 6.54 Å². The summed E-state index contributed by atoms with van der Waals surface area (Å²) in [6, 6.07) is 9.75. The van der Waals surface area contributed by atoms with Crippen LogP contribution in [0.1, 0.15) is 36.4 Å². The Morgan fingerprint density at radius 2 is 1.96 bits per heavy atom. The van der Waals surface area contributed by atoms with Gasteiger partial charge in [-0.2, -0.15) is 5.10 Å². The normalized spacial score (nSPS) is 10.4. The van der Waals surface area contributed by atoms with E-state index in [0.717, 1.165) is 29.1 Å². The molecule has 24 heavy (non-hydrogen) atoms. The summed E-state index contributed by atoms with van der Waals surface area (Å²) in [5.41, 5.74) is 3.97. The Balaban J connectivity index is 1.91. The van der Waals surface area contributed by atoms with Crippen LogP contribution >= 0.6 is 0 Å². The molecule has 1 heterocycles. The maximum atomic E-state index is 12.1. The zero-order valence-electron chi connectivity index (χ0n) is 14.9. The zero-order valence-corrected chi connectivity index (χ0v) is 14.9. The molecule has 1 aromatic heterocycles. The second kappa shape index (κ2) is 8.35. The number of rotatable bonds is 5. The van der Waals surface area contributed by atoms with Crippen LogP contribution in [0, 0.1) is 31.6 Å². The molecule has 0 fully saturated rings. The molecular weight excluding hydrogens is 298 g/mol. The molecule has 0 unspecified atom stereocenters. The third-order valence-corrected chi connectivity index (χ3v) is 3.79. The molecule has 0 saturated heterocycles. The molecule has 2 rings (SSSR count). The number of carbonyl (C=O) groups excluding carboxylic acids is 1. The monoisotopic (exact) mass is 323 g/mol. The molecule has 1 aromatic carbocycles. The van der Waals surface area contributed by atoms with Gasteiger partial charge in [0.25, 0.3) is 0 Å². The summed E-state index contributed by atoms with van der Waals surface area (Å²) in [7, 11) is 0. The summed E-state index contributed by atoms with van der Waals surface area (Å²) in [4.78, 5) is 12.1. The van der Waals surface area contributed by atoms with Gasteiger partial charge in [0.1, 0.15) is 0 Å². The number of hydrogen-bond acceptors (Lipinski definition) is 2. The molecule has 1 N–H and O–H groups in total. The van der Waals surface area contributed by atoms with Crippen LogP contribution in [0.15, 0.2) is 30.3 Å². The molecule has 0 spiro atoms. The summed E-state index contributed by atoms with van der Waals surface area (Å²) in [6.07, 6.45) is 0.350. The molecule has 0 bridgehead atoms. The van der Waals surface area contributed by atoms with Gasteiger partial charge in [-0.25, -0.2) is 0 Å². The minimum atomic E-state index is -0.0207. The molecule has 0 aliphatic rings. The van der Waals surface area contributed by atoms with Crippen molar-refractivity contribution in [3.05, 3.63) is 52.8 Å². The van der Waals surface area contributed by atoms with Gasteiger partial charge in [-0.3, -0.25) is 9.48 Å². The summed E-state index contributed by atoms with van der Waals surface area (Å²) in [5.74, 6) is 6.51. The number of nitrogens with zero attached hydrogens (tertiary/aromatic N) is 2. The van der Waals surface area contributed by atoms with Crippen LogP contribution in [0.5, 0.6) is 0 Å². The predicted molar refractivity (Wildman–Crippen MR) is 96.6 cm³/mol. The first-order chi connectivity index (χ1) is 11.5. The van der Waals surface area contributed by atoms with E-state index in [2.05, 4.69) is 36.1 Å². The Labute approximate surface area is 144 Å². The first kappa shape index (κ1) is 17.8. The first-order valence-corrected chi connectivity index (χ1v) is 8.31. The number of carbonyl (C=O) groups is 1. The van der Waals surface area contributed by atoms with E-state index >= 15 is 0 Å². The van der Waals surface area contributed by atoms with Gasteiger partial charge < -0.3 is 5.32 Å². The van der Waals surface area contributed by atoms with Gasteiger partial charge >= 0.3 is 0 Å². The maximum absolute atomic E-state index is 12.1. The lowest BCUT2D eigenvalue weighted by Crippen LogP contribution is -2.25. The largest absolute Gasteiger partial charge is 0.345 e. The van der Waals surface area contributed by atoms with Gasteiger partial charge in [0, 0.05) is 23.4 Å². The number of aryl methyl sites for hydroxylation is 1. The molecule has 2 aromatic rings. The van der Waals surface area contributed by atoms with Crippen molar-refractivity contribution >= 4 is 5.91 Å². The van der Waals surface area contributed by atoms with Gasteiger partial charge in [-0.1, -0.05) is 43.9 Å². The van der Waals surface area contributed by atoms with E-state index in [4.69, 9.17) is 0 Å². The molecule has 0 radical (unpaired) electrons. The van der Waals surface area contributed by atoms with Gasteiger partial charge in [0.2, 0.25) is 5.91 Å². The Hall–Kier alpha value is -2.54. The highest BCUT2D eigenvalue weighted by Crippen LogP contribution is 2.15. The molecule has 126 valence electrons. The lowest BCUT2D eigenvalue weighted by Gasteiger charge is -2.08. The minimum Gasteiger partial charge on any atom is -0.345 e. The SMILES string of the molecule is Cc1nn(CC(C)C)c(C)c1CC(=O)NCC#Cc1ccccc1. The van der Waals surface area contributed by atoms with Crippen LogP contribution in [0.3, 0.4) is 0 Å². The second-order valence-corrected chi connectivity index (χ2v) is 6.35. The van der Waals surface area contributed by atoms with E-state index in [9.17, 15) is 4.79 Å². The van der Waals surface area contributed by atoms with Crippen molar-refractivity contribution in [1.82, 2.24) is 15.1 Å². The van der Waals surface area contributed by atoms with Gasteiger partial charge in [-0.15, -0.1) is 0 Å².